The van der Waals surface area contributed by atoms with Gasteiger partial charge in [0.15, 0.2) is 0 Å². The first-order chi connectivity index (χ1) is 9.52. The summed E-state index contributed by atoms with van der Waals surface area (Å²) >= 11 is 18.3. The van der Waals surface area contributed by atoms with E-state index in [-0.39, 0.29) is 6.04 Å². The molecule has 1 aliphatic rings. The molecule has 1 aromatic carbocycles. The van der Waals surface area contributed by atoms with Gasteiger partial charge in [-0.15, -0.1) is 0 Å². The molecule has 5 heteroatoms. The fourth-order valence-electron chi connectivity index (χ4n) is 2.70. The second-order valence-electron chi connectivity index (χ2n) is 5.44. The molecule has 1 N–H and O–H groups in total. The average molecular weight is 336 g/mol. The van der Waals surface area contributed by atoms with Crippen LogP contribution >= 0.6 is 34.8 Å². The Morgan fingerprint density at radius 3 is 2.70 bits per heavy atom. The summed E-state index contributed by atoms with van der Waals surface area (Å²) in [7, 11) is 0. The Labute approximate surface area is 136 Å². The maximum Gasteiger partial charge on any atom is 0.0781 e. The first-order valence-corrected chi connectivity index (χ1v) is 8.25. The highest BCUT2D eigenvalue weighted by molar-refractivity contribution is 6.48. The predicted octanol–water partition coefficient (Wildman–Crippen LogP) is 4.64. The SMILES string of the molecule is CCN1CCC(CNC(C)c2ccc(Cl)c(Cl)c2Cl)C1. The third-order valence-electron chi connectivity index (χ3n) is 4.06. The van der Waals surface area contributed by atoms with E-state index in [4.69, 9.17) is 34.8 Å². The van der Waals surface area contributed by atoms with Crippen molar-refractivity contribution in [3.63, 3.8) is 0 Å². The number of rotatable bonds is 5. The lowest BCUT2D eigenvalue weighted by atomic mass is 10.1. The largest absolute Gasteiger partial charge is 0.310 e. The van der Waals surface area contributed by atoms with E-state index in [1.165, 1.54) is 19.5 Å². The monoisotopic (exact) mass is 334 g/mol. The molecule has 0 saturated carbocycles. The molecule has 1 aromatic rings. The smallest absolute Gasteiger partial charge is 0.0781 e. The van der Waals surface area contributed by atoms with Crippen molar-refractivity contribution >= 4 is 34.8 Å². The van der Waals surface area contributed by atoms with Gasteiger partial charge in [0.05, 0.1) is 15.1 Å². The van der Waals surface area contributed by atoms with E-state index in [2.05, 4.69) is 24.1 Å². The second-order valence-corrected chi connectivity index (χ2v) is 6.61. The quantitative estimate of drug-likeness (QED) is 0.789. The molecular weight excluding hydrogens is 315 g/mol. The first-order valence-electron chi connectivity index (χ1n) is 7.12. The topological polar surface area (TPSA) is 15.3 Å². The van der Waals surface area contributed by atoms with Crippen LogP contribution in [-0.2, 0) is 0 Å². The highest BCUT2D eigenvalue weighted by atomic mass is 35.5. The molecule has 1 fully saturated rings. The molecule has 1 aliphatic heterocycles. The average Bonchev–Trinajstić information content (AvgIpc) is 2.90. The normalized spacial score (nSPS) is 21.4. The maximum atomic E-state index is 6.27. The number of nitrogens with one attached hydrogen (secondary N) is 1. The van der Waals surface area contributed by atoms with Crippen LogP contribution in [0, 0.1) is 5.92 Å². The van der Waals surface area contributed by atoms with Gasteiger partial charge >= 0.3 is 0 Å². The molecule has 2 nitrogen and oxygen atoms in total. The molecule has 0 spiro atoms. The van der Waals surface area contributed by atoms with Crippen LogP contribution in [0.1, 0.15) is 31.9 Å². The van der Waals surface area contributed by atoms with Gasteiger partial charge in [0.2, 0.25) is 0 Å². The highest BCUT2D eigenvalue weighted by Gasteiger charge is 2.22. The molecule has 1 heterocycles. The summed E-state index contributed by atoms with van der Waals surface area (Å²) in [5.74, 6) is 0.721. The van der Waals surface area contributed by atoms with Gasteiger partial charge in [-0.3, -0.25) is 0 Å². The summed E-state index contributed by atoms with van der Waals surface area (Å²) in [6.07, 6.45) is 1.27. The molecule has 0 bridgehead atoms. The molecule has 0 amide bonds. The fraction of sp³-hybridized carbons (Fsp3) is 0.600. The van der Waals surface area contributed by atoms with E-state index in [0.717, 1.165) is 24.6 Å². The summed E-state index contributed by atoms with van der Waals surface area (Å²) in [6, 6.07) is 3.92. The van der Waals surface area contributed by atoms with E-state index in [9.17, 15) is 0 Å². The van der Waals surface area contributed by atoms with Crippen LogP contribution in [0.3, 0.4) is 0 Å². The van der Waals surface area contributed by atoms with Gasteiger partial charge in [-0.25, -0.2) is 0 Å². The number of hydrogen-bond acceptors (Lipinski definition) is 2. The Morgan fingerprint density at radius 2 is 2.05 bits per heavy atom. The molecule has 2 atom stereocenters. The van der Waals surface area contributed by atoms with Crippen LogP contribution in [0.2, 0.25) is 15.1 Å². The molecule has 0 radical (unpaired) electrons. The molecule has 0 aromatic heterocycles. The van der Waals surface area contributed by atoms with Gasteiger partial charge in [0.25, 0.3) is 0 Å². The number of nitrogens with zero attached hydrogens (tertiary/aromatic N) is 1. The van der Waals surface area contributed by atoms with Gasteiger partial charge in [0, 0.05) is 12.6 Å². The van der Waals surface area contributed by atoms with Gasteiger partial charge < -0.3 is 10.2 Å². The minimum absolute atomic E-state index is 0.174. The number of likely N-dealkylation sites (tertiary alicyclic amines) is 1. The van der Waals surface area contributed by atoms with E-state index < -0.39 is 0 Å². The van der Waals surface area contributed by atoms with Crippen LogP contribution in [0.25, 0.3) is 0 Å². The Bertz CT molecular complexity index is 465. The lowest BCUT2D eigenvalue weighted by molar-refractivity contribution is 0.336. The lowest BCUT2D eigenvalue weighted by Gasteiger charge is -2.19. The van der Waals surface area contributed by atoms with Gasteiger partial charge in [-0.2, -0.15) is 0 Å². The van der Waals surface area contributed by atoms with Crippen LogP contribution in [0.15, 0.2) is 12.1 Å². The van der Waals surface area contributed by atoms with Crippen molar-refractivity contribution in [1.29, 1.82) is 0 Å². The van der Waals surface area contributed by atoms with Crippen LogP contribution in [0.4, 0.5) is 0 Å². The van der Waals surface area contributed by atoms with Crippen LogP contribution in [-0.4, -0.2) is 31.1 Å². The van der Waals surface area contributed by atoms with Crippen LogP contribution < -0.4 is 5.32 Å². The Balaban J connectivity index is 1.92. The minimum atomic E-state index is 0.174. The minimum Gasteiger partial charge on any atom is -0.310 e. The van der Waals surface area contributed by atoms with Gasteiger partial charge in [0.1, 0.15) is 0 Å². The summed E-state index contributed by atoms with van der Waals surface area (Å²) in [5.41, 5.74) is 1.01. The third-order valence-corrected chi connectivity index (χ3v) is 5.37. The molecule has 2 unspecified atom stereocenters. The van der Waals surface area contributed by atoms with E-state index in [1.807, 2.05) is 6.07 Å². The van der Waals surface area contributed by atoms with Crippen molar-refractivity contribution in [3.05, 3.63) is 32.8 Å². The Morgan fingerprint density at radius 1 is 1.30 bits per heavy atom. The van der Waals surface area contributed by atoms with Gasteiger partial charge in [-0.1, -0.05) is 47.8 Å². The molecule has 2 rings (SSSR count). The van der Waals surface area contributed by atoms with Crippen molar-refractivity contribution in [2.45, 2.75) is 26.3 Å². The maximum absolute atomic E-state index is 6.27. The molecule has 112 valence electrons. The van der Waals surface area contributed by atoms with E-state index in [0.29, 0.717) is 15.1 Å². The summed E-state index contributed by atoms with van der Waals surface area (Å²) in [4.78, 5) is 2.49. The summed E-state index contributed by atoms with van der Waals surface area (Å²) < 4.78 is 0. The third kappa shape index (κ3) is 3.80. The highest BCUT2D eigenvalue weighted by Crippen LogP contribution is 2.35. The van der Waals surface area contributed by atoms with Crippen molar-refractivity contribution in [1.82, 2.24) is 10.2 Å². The summed E-state index contributed by atoms with van der Waals surface area (Å²) in [6.45, 7) is 8.88. The second kappa shape index (κ2) is 7.33. The number of halogens is 3. The van der Waals surface area contributed by atoms with Gasteiger partial charge in [-0.05, 0) is 50.5 Å². The molecule has 1 saturated heterocycles. The molecule has 20 heavy (non-hydrogen) atoms. The zero-order chi connectivity index (χ0) is 14.7. The standard InChI is InChI=1S/C15H21Cl3N2/c1-3-20-7-6-11(9-20)8-19-10(2)12-4-5-13(16)15(18)14(12)17/h4-5,10-11,19H,3,6-9H2,1-2H3. The Hall–Kier alpha value is 0.01000. The van der Waals surface area contributed by atoms with Crippen molar-refractivity contribution in [2.24, 2.45) is 5.92 Å². The van der Waals surface area contributed by atoms with Crippen molar-refractivity contribution in [3.8, 4) is 0 Å². The zero-order valence-electron chi connectivity index (χ0n) is 11.9. The van der Waals surface area contributed by atoms with E-state index >= 15 is 0 Å². The van der Waals surface area contributed by atoms with E-state index in [1.54, 1.807) is 6.07 Å². The predicted molar refractivity (Wildman–Crippen MR) is 88.1 cm³/mol. The fourth-order valence-corrected chi connectivity index (χ4v) is 3.40. The lowest BCUT2D eigenvalue weighted by Crippen LogP contribution is -2.28. The molecular formula is C15H21Cl3N2. The summed E-state index contributed by atoms with van der Waals surface area (Å²) in [5, 5.41) is 5.06. The number of hydrogen-bond donors (Lipinski definition) is 1. The zero-order valence-corrected chi connectivity index (χ0v) is 14.2. The van der Waals surface area contributed by atoms with Crippen LogP contribution in [0.5, 0.6) is 0 Å². The molecule has 0 aliphatic carbocycles. The van der Waals surface area contributed by atoms with Crippen molar-refractivity contribution < 1.29 is 0 Å². The first kappa shape index (κ1) is 16.4. The Kier molecular flexibility index (Phi) is 6.00. The van der Waals surface area contributed by atoms with Crippen molar-refractivity contribution in [2.75, 3.05) is 26.2 Å². The number of benzene rings is 1.